The quantitative estimate of drug-likeness (QED) is 0.674. The monoisotopic (exact) mass is 366 g/mol. The van der Waals surface area contributed by atoms with Crippen molar-refractivity contribution in [2.24, 2.45) is 0 Å². The fourth-order valence-electron chi connectivity index (χ4n) is 2.58. The lowest BCUT2D eigenvalue weighted by atomic mass is 10.1. The molecule has 0 bridgehead atoms. The maximum Gasteiger partial charge on any atom is 0.267 e. The van der Waals surface area contributed by atoms with Crippen molar-refractivity contribution in [3.8, 4) is 5.75 Å². The normalized spacial score (nSPS) is 10.6. The van der Waals surface area contributed by atoms with Crippen LogP contribution in [0.3, 0.4) is 0 Å². The van der Waals surface area contributed by atoms with Gasteiger partial charge in [-0.1, -0.05) is 18.2 Å². The molecule has 4 nitrogen and oxygen atoms in total. The topological polar surface area (TPSA) is 51.2 Å². The van der Waals surface area contributed by atoms with Crippen LogP contribution in [-0.4, -0.2) is 10.9 Å². The molecule has 0 aliphatic carbocycles. The first-order valence-electron chi connectivity index (χ1n) is 8.47. The molecule has 1 amide bonds. The highest BCUT2D eigenvalue weighted by Crippen LogP contribution is 2.23. The van der Waals surface area contributed by atoms with E-state index in [1.807, 2.05) is 63.2 Å². The van der Waals surface area contributed by atoms with Gasteiger partial charge in [0, 0.05) is 5.69 Å². The molecule has 0 spiro atoms. The van der Waals surface area contributed by atoms with Crippen molar-refractivity contribution in [3.05, 3.63) is 74.7 Å². The minimum Gasteiger partial charge on any atom is -0.486 e. The van der Waals surface area contributed by atoms with Crippen molar-refractivity contribution in [1.82, 2.24) is 4.98 Å². The number of rotatable bonds is 5. The predicted octanol–water partition coefficient (Wildman–Crippen LogP) is 5.21. The molecule has 26 heavy (non-hydrogen) atoms. The van der Waals surface area contributed by atoms with E-state index in [2.05, 4.69) is 17.2 Å². The van der Waals surface area contributed by atoms with E-state index in [1.54, 1.807) is 0 Å². The second kappa shape index (κ2) is 7.70. The van der Waals surface area contributed by atoms with E-state index in [4.69, 9.17) is 4.74 Å². The Kier molecular flexibility index (Phi) is 5.38. The van der Waals surface area contributed by atoms with Gasteiger partial charge in [-0.15, -0.1) is 11.3 Å². The summed E-state index contributed by atoms with van der Waals surface area (Å²) in [5.41, 5.74) is 5.01. The number of hydrogen-bond donors (Lipinski definition) is 1. The average molecular weight is 366 g/mol. The van der Waals surface area contributed by atoms with E-state index < -0.39 is 0 Å². The summed E-state index contributed by atoms with van der Waals surface area (Å²) in [5.74, 6) is 0.670. The van der Waals surface area contributed by atoms with E-state index in [0.29, 0.717) is 11.5 Å². The van der Waals surface area contributed by atoms with E-state index >= 15 is 0 Å². The molecular formula is C21H22N2O2S. The molecule has 3 rings (SSSR count). The summed E-state index contributed by atoms with van der Waals surface area (Å²) in [4.78, 5) is 17.7. The third-order valence-corrected chi connectivity index (χ3v) is 5.29. The summed E-state index contributed by atoms with van der Waals surface area (Å²) in [7, 11) is 0. The molecule has 5 heteroatoms. The van der Waals surface area contributed by atoms with Crippen molar-refractivity contribution in [1.29, 1.82) is 0 Å². The van der Waals surface area contributed by atoms with Gasteiger partial charge < -0.3 is 10.1 Å². The number of carbonyl (C=O) groups is 1. The summed E-state index contributed by atoms with van der Waals surface area (Å²) in [6, 6.07) is 13.8. The van der Waals surface area contributed by atoms with Crippen LogP contribution in [0.1, 0.15) is 37.1 Å². The van der Waals surface area contributed by atoms with Crippen LogP contribution in [0.25, 0.3) is 0 Å². The van der Waals surface area contributed by atoms with Gasteiger partial charge in [-0.25, -0.2) is 4.98 Å². The third-order valence-electron chi connectivity index (χ3n) is 4.16. The Bertz CT molecular complexity index is 947. The summed E-state index contributed by atoms with van der Waals surface area (Å²) >= 11 is 1.37. The first-order chi connectivity index (χ1) is 12.4. The number of aromatic nitrogens is 1. The average Bonchev–Trinajstić information content (AvgIpc) is 2.97. The Balaban J connectivity index is 1.68. The van der Waals surface area contributed by atoms with Crippen LogP contribution >= 0.6 is 11.3 Å². The Morgan fingerprint density at radius 1 is 1.08 bits per heavy atom. The van der Waals surface area contributed by atoms with Gasteiger partial charge in [0.1, 0.15) is 22.2 Å². The molecule has 3 aromatic rings. The first-order valence-corrected chi connectivity index (χ1v) is 9.28. The number of hydrogen-bond acceptors (Lipinski definition) is 4. The molecule has 0 saturated carbocycles. The fraction of sp³-hybridized carbons (Fsp3) is 0.238. The zero-order chi connectivity index (χ0) is 18.7. The highest BCUT2D eigenvalue weighted by Gasteiger charge is 2.16. The molecule has 0 atom stereocenters. The number of nitrogens with zero attached hydrogens (tertiary/aromatic N) is 1. The summed E-state index contributed by atoms with van der Waals surface area (Å²) in [6.45, 7) is 8.31. The Labute approximate surface area is 157 Å². The molecular weight excluding hydrogens is 344 g/mol. The number of nitrogens with one attached hydrogen (secondary N) is 1. The molecule has 0 aliphatic rings. The Morgan fingerprint density at radius 2 is 1.88 bits per heavy atom. The number of anilines is 1. The summed E-state index contributed by atoms with van der Waals surface area (Å²) < 4.78 is 5.78. The van der Waals surface area contributed by atoms with Crippen LogP contribution in [0.5, 0.6) is 5.75 Å². The minimum atomic E-state index is -0.134. The van der Waals surface area contributed by atoms with Gasteiger partial charge >= 0.3 is 0 Å². The van der Waals surface area contributed by atoms with Gasteiger partial charge in [0.05, 0.1) is 5.69 Å². The van der Waals surface area contributed by atoms with E-state index in [0.717, 1.165) is 33.3 Å². The summed E-state index contributed by atoms with van der Waals surface area (Å²) in [5, 5.41) is 3.74. The van der Waals surface area contributed by atoms with Gasteiger partial charge in [-0.3, -0.25) is 4.79 Å². The molecule has 0 fully saturated rings. The van der Waals surface area contributed by atoms with Crippen LogP contribution < -0.4 is 10.1 Å². The second-order valence-corrected chi connectivity index (χ2v) is 7.46. The maximum atomic E-state index is 12.6. The zero-order valence-corrected chi connectivity index (χ0v) is 16.2. The van der Waals surface area contributed by atoms with Gasteiger partial charge in [-0.05, 0) is 68.7 Å². The van der Waals surface area contributed by atoms with Crippen molar-refractivity contribution in [2.75, 3.05) is 5.32 Å². The number of aryl methyl sites for hydroxylation is 4. The largest absolute Gasteiger partial charge is 0.486 e. The molecule has 134 valence electrons. The SMILES string of the molecule is Cc1cccc(OCc2nc(C)c(C(=O)Nc3ccc(C)c(C)c3)s2)c1. The smallest absolute Gasteiger partial charge is 0.267 e. The third kappa shape index (κ3) is 4.29. The molecule has 2 aromatic carbocycles. The Hall–Kier alpha value is -2.66. The zero-order valence-electron chi connectivity index (χ0n) is 15.4. The van der Waals surface area contributed by atoms with Crippen molar-refractivity contribution in [3.63, 3.8) is 0 Å². The van der Waals surface area contributed by atoms with Crippen LogP contribution in [0.15, 0.2) is 42.5 Å². The number of thiazole rings is 1. The summed E-state index contributed by atoms with van der Waals surface area (Å²) in [6.07, 6.45) is 0. The number of amides is 1. The second-order valence-electron chi connectivity index (χ2n) is 6.38. The maximum absolute atomic E-state index is 12.6. The molecule has 0 radical (unpaired) electrons. The van der Waals surface area contributed by atoms with Gasteiger partial charge in [0.25, 0.3) is 5.91 Å². The van der Waals surface area contributed by atoms with Crippen LogP contribution in [0.2, 0.25) is 0 Å². The van der Waals surface area contributed by atoms with E-state index in [-0.39, 0.29) is 5.91 Å². The molecule has 1 N–H and O–H groups in total. The standard InChI is InChI=1S/C21H22N2O2S/c1-13-6-5-7-18(10-13)25-12-19-22-16(4)20(26-19)21(24)23-17-9-8-14(2)15(3)11-17/h5-11H,12H2,1-4H3,(H,23,24). The molecule has 1 heterocycles. The number of benzene rings is 2. The van der Waals surface area contributed by atoms with Gasteiger partial charge in [-0.2, -0.15) is 0 Å². The van der Waals surface area contributed by atoms with Crippen molar-refractivity contribution >= 4 is 22.9 Å². The van der Waals surface area contributed by atoms with Gasteiger partial charge in [0.15, 0.2) is 0 Å². The minimum absolute atomic E-state index is 0.134. The molecule has 0 unspecified atom stereocenters. The number of ether oxygens (including phenoxy) is 1. The molecule has 1 aromatic heterocycles. The van der Waals surface area contributed by atoms with E-state index in [1.165, 1.54) is 16.9 Å². The first kappa shape index (κ1) is 18.1. The van der Waals surface area contributed by atoms with Crippen LogP contribution in [-0.2, 0) is 6.61 Å². The van der Waals surface area contributed by atoms with Crippen LogP contribution in [0, 0.1) is 27.7 Å². The highest BCUT2D eigenvalue weighted by molar-refractivity contribution is 7.13. The lowest BCUT2D eigenvalue weighted by Gasteiger charge is -2.07. The van der Waals surface area contributed by atoms with Crippen molar-refractivity contribution < 1.29 is 9.53 Å². The molecule has 0 saturated heterocycles. The number of carbonyl (C=O) groups excluding carboxylic acids is 1. The fourth-order valence-corrected chi connectivity index (χ4v) is 3.46. The van der Waals surface area contributed by atoms with Gasteiger partial charge in [0.2, 0.25) is 0 Å². The van der Waals surface area contributed by atoms with Crippen molar-refractivity contribution in [2.45, 2.75) is 34.3 Å². The highest BCUT2D eigenvalue weighted by atomic mass is 32.1. The lowest BCUT2D eigenvalue weighted by molar-refractivity contribution is 0.103. The van der Waals surface area contributed by atoms with E-state index in [9.17, 15) is 4.79 Å². The predicted molar refractivity (Wildman–Crippen MR) is 106 cm³/mol. The Morgan fingerprint density at radius 3 is 2.62 bits per heavy atom. The lowest BCUT2D eigenvalue weighted by Crippen LogP contribution is -2.11. The van der Waals surface area contributed by atoms with Crippen LogP contribution in [0.4, 0.5) is 5.69 Å². The molecule has 0 aliphatic heterocycles.